The van der Waals surface area contributed by atoms with Crippen molar-refractivity contribution in [3.05, 3.63) is 0 Å². The fourth-order valence-electron chi connectivity index (χ4n) is 11.8. The smallest absolute Gasteiger partial charge is 0.311 e. The Morgan fingerprint density at radius 3 is 2.08 bits per heavy atom. The average Bonchev–Trinajstić information content (AvgIpc) is 3.42. The zero-order valence-electron chi connectivity index (χ0n) is 46.1. The van der Waals surface area contributed by atoms with Gasteiger partial charge in [-0.05, 0) is 72.6 Å². The van der Waals surface area contributed by atoms with Crippen LogP contribution in [0, 0.1) is 41.4 Å². The van der Waals surface area contributed by atoms with E-state index in [1.165, 1.54) is 34.7 Å². The molecule has 72 heavy (non-hydrogen) atoms. The summed E-state index contributed by atoms with van der Waals surface area (Å²) in [5, 5.41) is 39.0. The molecule has 4 heterocycles. The largest absolute Gasteiger partial charge is 0.461 e. The lowest BCUT2D eigenvalue weighted by Gasteiger charge is -2.44. The number of methoxy groups -OCH3 is 2. The highest BCUT2D eigenvalue weighted by Crippen LogP contribution is 2.40. The first-order valence-corrected chi connectivity index (χ1v) is 26.7. The minimum absolute atomic E-state index is 0.0547. The van der Waals surface area contributed by atoms with Gasteiger partial charge in [-0.1, -0.05) is 60.0 Å². The Morgan fingerprint density at radius 1 is 0.819 bits per heavy atom. The lowest BCUT2D eigenvalue weighted by atomic mass is 9.74. The highest BCUT2D eigenvalue weighted by molar-refractivity contribution is 5.90. The highest BCUT2D eigenvalue weighted by Gasteiger charge is 2.51. The zero-order chi connectivity index (χ0) is 53.5. The van der Waals surface area contributed by atoms with Gasteiger partial charge in [0.15, 0.2) is 24.7 Å². The first-order chi connectivity index (χ1) is 33.8. The van der Waals surface area contributed by atoms with E-state index < -0.39 is 139 Å². The molecule has 0 radical (unpaired) electrons. The van der Waals surface area contributed by atoms with Crippen LogP contribution in [0.2, 0.25) is 0 Å². The molecule has 5 fully saturated rings. The van der Waals surface area contributed by atoms with E-state index in [0.29, 0.717) is 18.2 Å². The second kappa shape index (κ2) is 26.6. The molecule has 1 unspecified atom stereocenters. The molecule has 0 aromatic carbocycles. The Bertz CT molecular complexity index is 1770. The van der Waals surface area contributed by atoms with Crippen LogP contribution >= 0.6 is 0 Å². The molecule has 5 rings (SSSR count). The number of aliphatic hydroxyl groups is 3. The van der Waals surface area contributed by atoms with Crippen molar-refractivity contribution in [2.75, 3.05) is 34.5 Å². The number of oxime groups is 1. The Labute approximate surface area is 428 Å². The number of ketones is 1. The normalized spacial score (nSPS) is 43.6. The maximum Gasteiger partial charge on any atom is 0.311 e. The summed E-state index contributed by atoms with van der Waals surface area (Å²) in [6.07, 6.45) is -8.24. The number of carbonyl (C=O) groups is 3. The number of esters is 2. The molecule has 4 aliphatic heterocycles. The van der Waals surface area contributed by atoms with Crippen molar-refractivity contribution >= 4 is 23.4 Å². The van der Waals surface area contributed by atoms with E-state index >= 15 is 4.79 Å². The van der Waals surface area contributed by atoms with E-state index in [2.05, 4.69) is 17.0 Å². The van der Waals surface area contributed by atoms with Gasteiger partial charge in [0.1, 0.15) is 49.3 Å². The molecule has 5 aliphatic rings. The van der Waals surface area contributed by atoms with Crippen molar-refractivity contribution in [3.63, 3.8) is 0 Å². The van der Waals surface area contributed by atoms with Crippen molar-refractivity contribution in [1.82, 2.24) is 4.90 Å². The summed E-state index contributed by atoms with van der Waals surface area (Å²) in [6.45, 7) is 24.3. The maximum absolute atomic E-state index is 15.3. The molecule has 1 aliphatic carbocycles. The number of hydrogen-bond acceptors (Lipinski definition) is 19. The summed E-state index contributed by atoms with van der Waals surface area (Å²) >= 11 is 0. The number of nitrogens with zero attached hydrogens (tertiary/aromatic N) is 2. The fourth-order valence-corrected chi connectivity index (χ4v) is 11.8. The first-order valence-electron chi connectivity index (χ1n) is 26.7. The molecule has 22 atom stereocenters. The Hall–Kier alpha value is -2.40. The second-order valence-electron chi connectivity index (χ2n) is 22.7. The van der Waals surface area contributed by atoms with Crippen LogP contribution in [0.4, 0.5) is 0 Å². The van der Waals surface area contributed by atoms with Crippen molar-refractivity contribution < 1.29 is 81.9 Å². The summed E-state index contributed by atoms with van der Waals surface area (Å²) in [7, 11) is 4.33. The number of cyclic esters (lactones) is 1. The van der Waals surface area contributed by atoms with Crippen LogP contribution in [0.3, 0.4) is 0 Å². The summed E-state index contributed by atoms with van der Waals surface area (Å²) in [5.74, 6) is -6.79. The molecule has 0 aromatic heterocycles. The summed E-state index contributed by atoms with van der Waals surface area (Å²) < 4.78 is 63.7. The Kier molecular flexibility index (Phi) is 22.3. The minimum atomic E-state index is -2.01. The SMILES string of the molecule is CO/N=C1\C[C@@H](C)O[C@@H](O[C@@H]2[C@@H](C)[C@H](O[C@H]3CC(C)N(C4CCC4)C[C@H](C)O3)[C@@H](C)C(=O)O[C@H]([C@@H](C)CO[C@@H]3O[C@H](C)[C@@H](O)[C@@H](OC)[C@H]3OC)[C@H](C)[C@@H](OC(=O)CC(C)C)[C@@H](C)C(=O)[C@@](C)(O)C[C@@H]2C)[C@@H]1O. The van der Waals surface area contributed by atoms with Crippen molar-refractivity contribution in [3.8, 4) is 0 Å². The van der Waals surface area contributed by atoms with Crippen LogP contribution in [0.5, 0.6) is 0 Å². The second-order valence-corrected chi connectivity index (χ2v) is 22.7. The fraction of sp³-hybridized carbons (Fsp3) is 0.925. The van der Waals surface area contributed by atoms with Gasteiger partial charge in [-0.2, -0.15) is 0 Å². The molecule has 0 aromatic rings. The molecule has 0 amide bonds. The third-order valence-corrected chi connectivity index (χ3v) is 15.9. The average molecular weight is 1030 g/mol. The van der Waals surface area contributed by atoms with Crippen molar-refractivity contribution in [1.29, 1.82) is 0 Å². The van der Waals surface area contributed by atoms with Crippen LogP contribution in [-0.2, 0) is 66.6 Å². The van der Waals surface area contributed by atoms with Gasteiger partial charge >= 0.3 is 11.9 Å². The lowest BCUT2D eigenvalue weighted by molar-refractivity contribution is -0.305. The van der Waals surface area contributed by atoms with Crippen LogP contribution < -0.4 is 0 Å². The number of aliphatic hydroxyl groups excluding tert-OH is 2. The summed E-state index contributed by atoms with van der Waals surface area (Å²) in [4.78, 5) is 51.5. The molecule has 0 bridgehead atoms. The first kappa shape index (κ1) is 60.5. The Morgan fingerprint density at radius 2 is 1.49 bits per heavy atom. The maximum atomic E-state index is 15.3. The minimum Gasteiger partial charge on any atom is -0.461 e. The van der Waals surface area contributed by atoms with E-state index in [4.69, 9.17) is 52.2 Å². The van der Waals surface area contributed by atoms with Gasteiger partial charge in [0.05, 0.1) is 54.7 Å². The van der Waals surface area contributed by atoms with Gasteiger partial charge < -0.3 is 67.5 Å². The third kappa shape index (κ3) is 14.7. The summed E-state index contributed by atoms with van der Waals surface area (Å²) in [6, 6.07) is 0.554. The molecular formula is C53H92N2O17. The van der Waals surface area contributed by atoms with Gasteiger partial charge in [-0.25, -0.2) is 0 Å². The van der Waals surface area contributed by atoms with Crippen molar-refractivity contribution in [2.45, 2.75) is 239 Å². The zero-order valence-corrected chi connectivity index (χ0v) is 46.1. The molecule has 19 heteroatoms. The van der Waals surface area contributed by atoms with Gasteiger partial charge in [-0.15, -0.1) is 0 Å². The molecule has 3 N–H and O–H groups in total. The van der Waals surface area contributed by atoms with Gasteiger partial charge in [0, 0.05) is 69.9 Å². The molecular weight excluding hydrogens is 937 g/mol. The predicted molar refractivity (Wildman–Crippen MR) is 264 cm³/mol. The third-order valence-electron chi connectivity index (χ3n) is 15.9. The van der Waals surface area contributed by atoms with Crippen LogP contribution in [-0.4, -0.2) is 182 Å². The number of Topliss-reactive ketones (excluding diaryl/α,β-unsaturated/α-hetero) is 1. The monoisotopic (exact) mass is 1030 g/mol. The van der Waals surface area contributed by atoms with Crippen LogP contribution in [0.1, 0.15) is 135 Å². The predicted octanol–water partition coefficient (Wildman–Crippen LogP) is 5.20. The van der Waals surface area contributed by atoms with E-state index in [0.717, 1.165) is 19.4 Å². The van der Waals surface area contributed by atoms with E-state index in [9.17, 15) is 24.9 Å². The van der Waals surface area contributed by atoms with E-state index in [1.54, 1.807) is 27.7 Å². The summed E-state index contributed by atoms with van der Waals surface area (Å²) in [5.41, 5.74) is -1.69. The lowest BCUT2D eigenvalue weighted by Crippen LogP contribution is -2.59. The molecule has 0 spiro atoms. The number of ether oxygens (including phenoxy) is 10. The van der Waals surface area contributed by atoms with E-state index in [1.807, 2.05) is 48.5 Å². The van der Waals surface area contributed by atoms with Crippen molar-refractivity contribution in [2.24, 2.45) is 46.6 Å². The standard InChI is InChI=1S/C53H92N2O17/c1-26(2)20-39(56)69-45-33(9)44(28(4)25-65-52-48(63-15)47(62-14)41(57)36(12)68-52)71-50(60)35(11)46(70-40-21-29(5)55(24-31(7)66-40)37-18-17-19-37)32(8)43(27(3)23-53(13,61)49(59)34(45)10)72-51-42(58)38(54-64-16)22-30(6)67-51/h26-37,40-48,51-52,57-58,61H,17-25H2,1-16H3/b54-38+/t27-,28-,29?,30+,31-,32+,33-,34+,35+,36+,40-,41+,42+,43-,44+,45+,46-,47+,48+,51-,52+,53-/m0/s1. The number of hydrogen-bond donors (Lipinski definition) is 3. The quantitative estimate of drug-likeness (QED) is 0.142. The number of carbonyl (C=O) groups excluding carboxylic acids is 3. The topological polar surface area (TPSA) is 229 Å². The van der Waals surface area contributed by atoms with Gasteiger partial charge in [0.2, 0.25) is 0 Å². The Balaban J connectivity index is 1.61. The van der Waals surface area contributed by atoms with E-state index in [-0.39, 0.29) is 43.9 Å². The van der Waals surface area contributed by atoms with Crippen LogP contribution in [0.15, 0.2) is 5.16 Å². The van der Waals surface area contributed by atoms with Gasteiger partial charge in [0.25, 0.3) is 0 Å². The molecule has 4 saturated heterocycles. The molecule has 416 valence electrons. The highest BCUT2D eigenvalue weighted by atomic mass is 16.7. The number of rotatable bonds is 15. The molecule has 19 nitrogen and oxygen atoms in total. The van der Waals surface area contributed by atoms with Crippen LogP contribution in [0.25, 0.3) is 0 Å². The molecule has 1 saturated carbocycles. The van der Waals surface area contributed by atoms with Gasteiger partial charge in [-0.3, -0.25) is 19.3 Å².